The van der Waals surface area contributed by atoms with E-state index in [2.05, 4.69) is 10.1 Å². The zero-order chi connectivity index (χ0) is 16.1. The number of carbonyl (C=O) groups is 4. The van der Waals surface area contributed by atoms with Gasteiger partial charge in [-0.1, -0.05) is 24.3 Å². The van der Waals surface area contributed by atoms with E-state index in [1.807, 2.05) is 0 Å². The average molecular weight is 301 g/mol. The molecule has 6 heteroatoms. The molecular weight excluding hydrogens is 286 g/mol. The van der Waals surface area contributed by atoms with E-state index in [9.17, 15) is 19.2 Å². The predicted octanol–water partition coefficient (Wildman–Crippen LogP) is 1.41. The van der Waals surface area contributed by atoms with Gasteiger partial charge in [0.1, 0.15) is 0 Å². The number of esters is 1. The van der Waals surface area contributed by atoms with E-state index < -0.39 is 17.7 Å². The first-order valence-corrected chi connectivity index (χ1v) is 6.79. The predicted molar refractivity (Wildman–Crippen MR) is 77.2 cm³/mol. The van der Waals surface area contributed by atoms with Crippen molar-refractivity contribution in [1.29, 1.82) is 0 Å². The molecule has 0 bridgehead atoms. The van der Waals surface area contributed by atoms with Crippen molar-refractivity contribution in [2.24, 2.45) is 0 Å². The molecule has 1 aromatic carbocycles. The quantitative estimate of drug-likeness (QED) is 0.830. The van der Waals surface area contributed by atoms with E-state index in [1.54, 1.807) is 24.3 Å². The molecule has 0 saturated carbocycles. The van der Waals surface area contributed by atoms with E-state index in [1.165, 1.54) is 7.11 Å². The Bertz CT molecular complexity index is 675. The van der Waals surface area contributed by atoms with Gasteiger partial charge in [-0.25, -0.2) is 0 Å². The number of carbonyl (C=O) groups excluding carboxylic acids is 4. The number of amides is 1. The van der Waals surface area contributed by atoms with E-state index >= 15 is 0 Å². The van der Waals surface area contributed by atoms with Crippen molar-refractivity contribution in [3.05, 3.63) is 47.2 Å². The van der Waals surface area contributed by atoms with Gasteiger partial charge >= 0.3 is 5.97 Å². The topological polar surface area (TPSA) is 89.5 Å². The maximum Gasteiger partial charge on any atom is 0.305 e. The summed E-state index contributed by atoms with van der Waals surface area (Å²) in [5.41, 5.74) is 0.572. The third-order valence-electron chi connectivity index (χ3n) is 3.24. The maximum atomic E-state index is 12.2. The second kappa shape index (κ2) is 6.80. The monoisotopic (exact) mass is 301 g/mol. The van der Waals surface area contributed by atoms with Gasteiger partial charge in [0.25, 0.3) is 0 Å². The molecule has 0 spiro atoms. The first-order chi connectivity index (χ1) is 10.5. The molecule has 114 valence electrons. The lowest BCUT2D eigenvalue weighted by Gasteiger charge is -2.15. The number of rotatable bonds is 5. The number of ketones is 2. The Balaban J connectivity index is 1.99. The Hall–Kier alpha value is -2.76. The van der Waals surface area contributed by atoms with Crippen molar-refractivity contribution in [2.75, 3.05) is 7.11 Å². The number of hydrogen-bond acceptors (Lipinski definition) is 5. The van der Waals surface area contributed by atoms with Crippen molar-refractivity contribution in [1.82, 2.24) is 5.32 Å². The molecule has 1 aromatic rings. The van der Waals surface area contributed by atoms with Gasteiger partial charge in [-0.3, -0.25) is 19.2 Å². The summed E-state index contributed by atoms with van der Waals surface area (Å²) in [4.78, 5) is 46.9. The number of Topliss-reactive ketones (excluding diaryl/α,β-unsaturated/α-hetero) is 1. The largest absolute Gasteiger partial charge is 0.469 e. The summed E-state index contributed by atoms with van der Waals surface area (Å²) in [5.74, 6) is -1.53. The number of methoxy groups -OCH3 is 1. The highest BCUT2D eigenvalue weighted by Gasteiger charge is 2.26. The van der Waals surface area contributed by atoms with Crippen LogP contribution < -0.4 is 5.32 Å². The van der Waals surface area contributed by atoms with E-state index in [4.69, 9.17) is 0 Å². The van der Waals surface area contributed by atoms with E-state index in [0.29, 0.717) is 12.0 Å². The molecule has 1 aliphatic rings. The van der Waals surface area contributed by atoms with Crippen molar-refractivity contribution in [3.63, 3.8) is 0 Å². The molecule has 0 fully saturated rings. The highest BCUT2D eigenvalue weighted by atomic mass is 16.5. The van der Waals surface area contributed by atoms with Crippen LogP contribution in [0.1, 0.15) is 40.0 Å². The van der Waals surface area contributed by atoms with Crippen LogP contribution in [0.4, 0.5) is 0 Å². The zero-order valence-electron chi connectivity index (χ0n) is 12.0. The molecular formula is C16H15NO5. The second-order valence-electron chi connectivity index (χ2n) is 4.77. The van der Waals surface area contributed by atoms with Gasteiger partial charge in [-0.05, 0) is 6.42 Å². The highest BCUT2D eigenvalue weighted by Crippen LogP contribution is 2.19. The SMILES string of the molecule is COC(=O)CCCC(=O)NC1=CC(=O)c2ccccc2C1=O. The van der Waals surface area contributed by atoms with Crippen LogP contribution in [0.2, 0.25) is 0 Å². The number of allylic oxidation sites excluding steroid dienone is 2. The molecule has 22 heavy (non-hydrogen) atoms. The van der Waals surface area contributed by atoms with Crippen molar-refractivity contribution in [3.8, 4) is 0 Å². The lowest BCUT2D eigenvalue weighted by Crippen LogP contribution is -2.31. The summed E-state index contributed by atoms with van der Waals surface area (Å²) in [5, 5.41) is 2.43. The Labute approximate surface area is 127 Å². The Kier molecular flexibility index (Phi) is 4.83. The van der Waals surface area contributed by atoms with Crippen LogP contribution in [-0.4, -0.2) is 30.6 Å². The number of benzene rings is 1. The minimum absolute atomic E-state index is 0.0354. The summed E-state index contributed by atoms with van der Waals surface area (Å²) >= 11 is 0. The fraction of sp³-hybridized carbons (Fsp3) is 0.250. The van der Waals surface area contributed by atoms with Crippen LogP contribution in [0.25, 0.3) is 0 Å². The summed E-state index contributed by atoms with van der Waals surface area (Å²) in [6, 6.07) is 6.45. The highest BCUT2D eigenvalue weighted by molar-refractivity contribution is 6.25. The van der Waals surface area contributed by atoms with Gasteiger partial charge in [0.2, 0.25) is 11.7 Å². The fourth-order valence-electron chi connectivity index (χ4n) is 2.12. The van der Waals surface area contributed by atoms with Crippen molar-refractivity contribution >= 4 is 23.4 Å². The average Bonchev–Trinajstić information content (AvgIpc) is 2.52. The lowest BCUT2D eigenvalue weighted by molar-refractivity contribution is -0.140. The summed E-state index contributed by atoms with van der Waals surface area (Å²) in [6.07, 6.45) is 1.63. The lowest BCUT2D eigenvalue weighted by atomic mass is 9.92. The van der Waals surface area contributed by atoms with E-state index in [0.717, 1.165) is 6.08 Å². The molecule has 0 saturated heterocycles. The molecule has 0 aliphatic heterocycles. The van der Waals surface area contributed by atoms with Gasteiger partial charge in [0.05, 0.1) is 12.8 Å². The molecule has 0 heterocycles. The first kappa shape index (κ1) is 15.6. The van der Waals surface area contributed by atoms with Gasteiger partial charge in [-0.2, -0.15) is 0 Å². The van der Waals surface area contributed by atoms with Gasteiger partial charge in [0.15, 0.2) is 5.78 Å². The van der Waals surface area contributed by atoms with Crippen LogP contribution in [0.15, 0.2) is 36.0 Å². The molecule has 1 aliphatic carbocycles. The van der Waals surface area contributed by atoms with Crippen molar-refractivity contribution in [2.45, 2.75) is 19.3 Å². The van der Waals surface area contributed by atoms with Crippen LogP contribution >= 0.6 is 0 Å². The third kappa shape index (κ3) is 3.46. The van der Waals surface area contributed by atoms with E-state index in [-0.39, 0.29) is 29.9 Å². The number of fused-ring (bicyclic) bond motifs is 1. The fourth-order valence-corrected chi connectivity index (χ4v) is 2.12. The van der Waals surface area contributed by atoms with Crippen LogP contribution in [0.3, 0.4) is 0 Å². The molecule has 0 unspecified atom stereocenters. The van der Waals surface area contributed by atoms with Gasteiger partial charge in [-0.15, -0.1) is 0 Å². The Morgan fingerprint density at radius 3 is 2.45 bits per heavy atom. The van der Waals surface area contributed by atoms with Gasteiger partial charge < -0.3 is 10.1 Å². The van der Waals surface area contributed by atoms with Crippen LogP contribution in [-0.2, 0) is 14.3 Å². The Morgan fingerprint density at radius 2 is 1.77 bits per heavy atom. The molecule has 6 nitrogen and oxygen atoms in total. The summed E-state index contributed by atoms with van der Waals surface area (Å²) in [7, 11) is 1.27. The Morgan fingerprint density at radius 1 is 1.09 bits per heavy atom. The minimum atomic E-state index is -0.421. The standard InChI is InChI=1S/C16H15NO5/c1-22-15(20)8-4-7-14(19)17-12-9-13(18)10-5-2-3-6-11(10)16(12)21/h2-3,5-6,9H,4,7-8H2,1H3,(H,17,19). The molecule has 0 aromatic heterocycles. The molecule has 1 amide bonds. The number of ether oxygens (including phenoxy) is 1. The smallest absolute Gasteiger partial charge is 0.305 e. The van der Waals surface area contributed by atoms with Crippen LogP contribution in [0, 0.1) is 0 Å². The minimum Gasteiger partial charge on any atom is -0.469 e. The molecule has 0 radical (unpaired) electrons. The normalized spacial score (nSPS) is 13.2. The molecule has 0 atom stereocenters. The second-order valence-corrected chi connectivity index (χ2v) is 4.77. The summed E-state index contributed by atoms with van der Waals surface area (Å²) in [6.45, 7) is 0. The first-order valence-electron chi connectivity index (χ1n) is 6.79. The molecule has 1 N–H and O–H groups in total. The zero-order valence-corrected chi connectivity index (χ0v) is 12.0. The number of nitrogens with one attached hydrogen (secondary N) is 1. The van der Waals surface area contributed by atoms with Gasteiger partial charge in [0, 0.05) is 30.0 Å². The third-order valence-corrected chi connectivity index (χ3v) is 3.24. The van der Waals surface area contributed by atoms with Crippen molar-refractivity contribution < 1.29 is 23.9 Å². The van der Waals surface area contributed by atoms with Crippen LogP contribution in [0.5, 0.6) is 0 Å². The number of hydrogen-bond donors (Lipinski definition) is 1. The summed E-state index contributed by atoms with van der Waals surface area (Å²) < 4.78 is 4.47. The maximum absolute atomic E-state index is 12.2. The molecule has 2 rings (SSSR count).